The molecule has 1 atom stereocenters. The predicted octanol–water partition coefficient (Wildman–Crippen LogP) is 1.40. The van der Waals surface area contributed by atoms with Gasteiger partial charge in [0.25, 0.3) is 0 Å². The highest BCUT2D eigenvalue weighted by Gasteiger charge is 2.17. The van der Waals surface area contributed by atoms with E-state index in [0.717, 1.165) is 0 Å². The van der Waals surface area contributed by atoms with Crippen LogP contribution in [0, 0.1) is 5.82 Å². The molecule has 21 heavy (non-hydrogen) atoms. The highest BCUT2D eigenvalue weighted by Crippen LogP contribution is 2.14. The third-order valence-corrected chi connectivity index (χ3v) is 2.95. The smallest absolute Gasteiger partial charge is 0.319 e. The zero-order valence-electron chi connectivity index (χ0n) is 12.1. The van der Waals surface area contributed by atoms with E-state index in [0.29, 0.717) is 17.7 Å². The highest BCUT2D eigenvalue weighted by molar-refractivity contribution is 5.93. The van der Waals surface area contributed by atoms with Crippen molar-refractivity contribution in [3.63, 3.8) is 0 Å². The van der Waals surface area contributed by atoms with Gasteiger partial charge in [-0.1, -0.05) is 13.0 Å². The molecule has 0 bridgehead atoms. The van der Waals surface area contributed by atoms with E-state index < -0.39 is 18.0 Å². The van der Waals surface area contributed by atoms with Crippen molar-refractivity contribution in [1.29, 1.82) is 0 Å². The molecule has 3 amide bonds. The van der Waals surface area contributed by atoms with Crippen LogP contribution in [0.1, 0.15) is 18.9 Å². The molecule has 116 valence electrons. The number of methoxy groups -OCH3 is 1. The molecule has 1 unspecified atom stereocenters. The van der Waals surface area contributed by atoms with Crippen LogP contribution in [0.25, 0.3) is 0 Å². The van der Waals surface area contributed by atoms with E-state index in [9.17, 15) is 14.0 Å². The second-order valence-electron chi connectivity index (χ2n) is 4.49. The van der Waals surface area contributed by atoms with Crippen molar-refractivity contribution >= 4 is 17.6 Å². The Balaban J connectivity index is 2.63. The lowest BCUT2D eigenvalue weighted by Crippen LogP contribution is -2.46. The van der Waals surface area contributed by atoms with Gasteiger partial charge in [-0.15, -0.1) is 0 Å². The number of urea groups is 1. The zero-order valence-corrected chi connectivity index (χ0v) is 12.1. The molecular formula is C14H20FN3O3. The van der Waals surface area contributed by atoms with Crippen LogP contribution in [-0.4, -0.2) is 31.7 Å². The molecular weight excluding hydrogens is 277 g/mol. The monoisotopic (exact) mass is 297 g/mol. The van der Waals surface area contributed by atoms with E-state index in [-0.39, 0.29) is 18.8 Å². The summed E-state index contributed by atoms with van der Waals surface area (Å²) in [7, 11) is 1.48. The fourth-order valence-electron chi connectivity index (χ4n) is 1.76. The molecule has 0 radical (unpaired) electrons. The van der Waals surface area contributed by atoms with Gasteiger partial charge in [0.05, 0.1) is 0 Å². The number of hydrogen-bond donors (Lipinski definition) is 3. The van der Waals surface area contributed by atoms with Crippen molar-refractivity contribution in [2.24, 2.45) is 5.73 Å². The number of hydrogen-bond acceptors (Lipinski definition) is 3. The SMILES string of the molecule is CCc1ccc(NC(=O)NC(CCOC)C(N)=O)cc1F. The maximum Gasteiger partial charge on any atom is 0.319 e. The maximum atomic E-state index is 13.6. The Bertz CT molecular complexity index is 508. The number of amides is 3. The summed E-state index contributed by atoms with van der Waals surface area (Å²) in [6.07, 6.45) is 0.835. The van der Waals surface area contributed by atoms with Crippen molar-refractivity contribution in [2.45, 2.75) is 25.8 Å². The number of aryl methyl sites for hydroxylation is 1. The summed E-state index contributed by atoms with van der Waals surface area (Å²) in [5.41, 5.74) is 6.05. The molecule has 0 heterocycles. The summed E-state index contributed by atoms with van der Waals surface area (Å²) < 4.78 is 18.4. The van der Waals surface area contributed by atoms with E-state index >= 15 is 0 Å². The molecule has 0 fully saturated rings. The number of nitrogens with one attached hydrogen (secondary N) is 2. The minimum Gasteiger partial charge on any atom is -0.385 e. The Hall–Kier alpha value is -2.15. The number of primary amides is 1. The predicted molar refractivity (Wildman–Crippen MR) is 77.4 cm³/mol. The minimum atomic E-state index is -0.843. The average Bonchev–Trinajstić information content (AvgIpc) is 2.43. The summed E-state index contributed by atoms with van der Waals surface area (Å²) in [5.74, 6) is -1.05. The molecule has 0 saturated heterocycles. The quantitative estimate of drug-likeness (QED) is 0.710. The molecule has 0 saturated carbocycles. The lowest BCUT2D eigenvalue weighted by Gasteiger charge is -2.15. The Morgan fingerprint density at radius 3 is 2.67 bits per heavy atom. The van der Waals surface area contributed by atoms with E-state index in [1.54, 1.807) is 12.1 Å². The third-order valence-electron chi connectivity index (χ3n) is 2.95. The summed E-state index contributed by atoms with van der Waals surface area (Å²) in [6.45, 7) is 2.12. The molecule has 6 nitrogen and oxygen atoms in total. The van der Waals surface area contributed by atoms with Gasteiger partial charge in [-0.3, -0.25) is 4.79 Å². The number of anilines is 1. The fourth-order valence-corrected chi connectivity index (χ4v) is 1.76. The lowest BCUT2D eigenvalue weighted by atomic mass is 10.1. The van der Waals surface area contributed by atoms with Crippen LogP contribution in [-0.2, 0) is 16.0 Å². The summed E-state index contributed by atoms with van der Waals surface area (Å²) >= 11 is 0. The van der Waals surface area contributed by atoms with Crippen LogP contribution in [0.3, 0.4) is 0 Å². The van der Waals surface area contributed by atoms with Crippen molar-refractivity contribution in [2.75, 3.05) is 19.0 Å². The Morgan fingerprint density at radius 1 is 1.43 bits per heavy atom. The topological polar surface area (TPSA) is 93.4 Å². The highest BCUT2D eigenvalue weighted by atomic mass is 19.1. The summed E-state index contributed by atoms with van der Waals surface area (Å²) in [6, 6.07) is 2.95. The first-order valence-electron chi connectivity index (χ1n) is 6.62. The van der Waals surface area contributed by atoms with Crippen LogP contribution in [0.4, 0.5) is 14.9 Å². The van der Waals surface area contributed by atoms with Gasteiger partial charge in [0.1, 0.15) is 11.9 Å². The molecule has 7 heteroatoms. The first kappa shape index (κ1) is 16.9. The molecule has 0 aliphatic carbocycles. The first-order chi connectivity index (χ1) is 9.97. The van der Waals surface area contributed by atoms with E-state index in [2.05, 4.69) is 10.6 Å². The number of carbonyl (C=O) groups excluding carboxylic acids is 2. The van der Waals surface area contributed by atoms with Gasteiger partial charge in [0.2, 0.25) is 5.91 Å². The molecule has 4 N–H and O–H groups in total. The lowest BCUT2D eigenvalue weighted by molar-refractivity contribution is -0.120. The number of benzene rings is 1. The first-order valence-corrected chi connectivity index (χ1v) is 6.62. The van der Waals surface area contributed by atoms with Gasteiger partial charge in [0.15, 0.2) is 0 Å². The van der Waals surface area contributed by atoms with Gasteiger partial charge < -0.3 is 21.1 Å². The van der Waals surface area contributed by atoms with Crippen molar-refractivity contribution in [3.8, 4) is 0 Å². The van der Waals surface area contributed by atoms with E-state index in [1.165, 1.54) is 13.2 Å². The van der Waals surface area contributed by atoms with Gasteiger partial charge >= 0.3 is 6.03 Å². The maximum absolute atomic E-state index is 13.6. The Labute approximate surface area is 122 Å². The second kappa shape index (κ2) is 8.21. The van der Waals surface area contributed by atoms with Crippen molar-refractivity contribution in [1.82, 2.24) is 5.32 Å². The minimum absolute atomic E-state index is 0.266. The van der Waals surface area contributed by atoms with Crippen LogP contribution in [0.15, 0.2) is 18.2 Å². The molecule has 0 aliphatic heterocycles. The van der Waals surface area contributed by atoms with Gasteiger partial charge in [0, 0.05) is 19.4 Å². The van der Waals surface area contributed by atoms with Crippen molar-refractivity contribution < 1.29 is 18.7 Å². The van der Waals surface area contributed by atoms with Crippen LogP contribution >= 0.6 is 0 Å². The summed E-state index contributed by atoms with van der Waals surface area (Å²) in [4.78, 5) is 23.0. The van der Waals surface area contributed by atoms with Crippen LogP contribution in [0.2, 0.25) is 0 Å². The van der Waals surface area contributed by atoms with E-state index in [1.807, 2.05) is 6.92 Å². The summed E-state index contributed by atoms with van der Waals surface area (Å²) in [5, 5.41) is 4.88. The van der Waals surface area contributed by atoms with Crippen LogP contribution in [0.5, 0.6) is 0 Å². The molecule has 0 aromatic heterocycles. The molecule has 0 aliphatic rings. The van der Waals surface area contributed by atoms with Crippen molar-refractivity contribution in [3.05, 3.63) is 29.6 Å². The number of ether oxygens (including phenoxy) is 1. The largest absolute Gasteiger partial charge is 0.385 e. The Kier molecular flexibility index (Phi) is 6.61. The zero-order chi connectivity index (χ0) is 15.8. The molecule has 0 spiro atoms. The number of rotatable bonds is 7. The number of halogens is 1. The standard InChI is InChI=1S/C14H20FN3O3/c1-3-9-4-5-10(8-11(9)15)17-14(20)18-12(13(16)19)6-7-21-2/h4-5,8,12H,3,6-7H2,1-2H3,(H2,16,19)(H2,17,18,20). The van der Waals surface area contributed by atoms with Gasteiger partial charge in [-0.25, -0.2) is 9.18 Å². The molecule has 1 rings (SSSR count). The normalized spacial score (nSPS) is 11.8. The average molecular weight is 297 g/mol. The number of nitrogens with two attached hydrogens (primary N) is 1. The third kappa shape index (κ3) is 5.39. The fraction of sp³-hybridized carbons (Fsp3) is 0.429. The van der Waals surface area contributed by atoms with E-state index in [4.69, 9.17) is 10.5 Å². The Morgan fingerprint density at radius 2 is 2.14 bits per heavy atom. The molecule has 1 aromatic carbocycles. The second-order valence-corrected chi connectivity index (χ2v) is 4.49. The van der Waals surface area contributed by atoms with Crippen LogP contribution < -0.4 is 16.4 Å². The number of carbonyl (C=O) groups is 2. The molecule has 1 aromatic rings. The van der Waals surface area contributed by atoms with Gasteiger partial charge in [-0.2, -0.15) is 0 Å². The van der Waals surface area contributed by atoms with Gasteiger partial charge in [-0.05, 0) is 30.5 Å².